The molecular weight excluding hydrogens is 826 g/mol. The molecule has 13 nitrogen and oxygen atoms in total. The largest absolute Gasteiger partial charge is 0.369 e. The number of morpholine rings is 1. The van der Waals surface area contributed by atoms with Gasteiger partial charge in [0.15, 0.2) is 0 Å². The number of carbonyl (C=O) groups is 1. The van der Waals surface area contributed by atoms with Crippen LogP contribution in [0.3, 0.4) is 0 Å². The molecule has 2 aromatic carbocycles. The smallest absolute Gasteiger partial charge is 0.261 e. The predicted octanol–water partition coefficient (Wildman–Crippen LogP) is 5.19. The van der Waals surface area contributed by atoms with E-state index in [1.807, 2.05) is 81.4 Å². The van der Waals surface area contributed by atoms with Gasteiger partial charge in [0.1, 0.15) is 42.9 Å². The molecule has 58 heavy (non-hydrogen) atoms. The SMILES string of the molecule is C#Cc1ccccn1.CC1CNC(=O)CO1.CC1Cn2c(nc3cc(Br)ccc3c2=O)CO1.CC1Cn2c(nc3cc(C#Cc4ccccn4)ccc3c2=O)CO1.Cl. The summed E-state index contributed by atoms with van der Waals surface area (Å²) in [6, 6.07) is 22.1. The van der Waals surface area contributed by atoms with Gasteiger partial charge in [-0.3, -0.25) is 23.5 Å². The number of amides is 1. The molecule has 4 aromatic heterocycles. The fraction of sp³-hybridized carbons (Fsp3) is 0.279. The van der Waals surface area contributed by atoms with Crippen LogP contribution in [0.1, 0.15) is 49.4 Å². The summed E-state index contributed by atoms with van der Waals surface area (Å²) in [5, 5.41) is 3.93. The van der Waals surface area contributed by atoms with E-state index in [0.29, 0.717) is 77.7 Å². The number of pyridine rings is 2. The lowest BCUT2D eigenvalue weighted by Gasteiger charge is -2.23. The first-order valence-corrected chi connectivity index (χ1v) is 19.0. The van der Waals surface area contributed by atoms with Gasteiger partial charge in [-0.25, -0.2) is 19.9 Å². The third kappa shape index (κ3) is 11.4. The molecule has 9 rings (SSSR count). The van der Waals surface area contributed by atoms with Crippen molar-refractivity contribution in [2.45, 2.75) is 65.4 Å². The Hall–Kier alpha value is -5.74. The fourth-order valence-electron chi connectivity index (χ4n) is 5.84. The Morgan fingerprint density at radius 3 is 1.76 bits per heavy atom. The van der Waals surface area contributed by atoms with Crippen LogP contribution in [-0.2, 0) is 45.3 Å². The standard InChI is InChI=1S/C19H15N3O2.C12H11BrN2O2.C7H5N.C5H9NO2.ClH/c1-13-11-22-18(12-24-13)21-17-10-14(6-8-16(17)19(22)23)5-7-15-4-2-3-9-20-15;1-7-5-15-11(6-17-7)14-10-4-8(13)2-3-9(10)12(15)16;1-2-7-5-3-4-6-8-7;1-4-2-6-5(7)3-8-4;/h2-4,6,8-10,13H,11-12H2,1H3;2-4,7H,5-6H2,1H3;1,3-6H;4H,2-3H2,1H3,(H,6,7);1H. The van der Waals surface area contributed by atoms with Crippen molar-refractivity contribution in [3.63, 3.8) is 0 Å². The number of halogens is 2. The number of nitrogens with zero attached hydrogens (tertiary/aromatic N) is 6. The number of hydrogen-bond acceptors (Lipinski definition) is 10. The fourth-order valence-corrected chi connectivity index (χ4v) is 6.19. The second-order valence-electron chi connectivity index (χ2n) is 13.3. The summed E-state index contributed by atoms with van der Waals surface area (Å²) < 4.78 is 20.4. The third-order valence-electron chi connectivity index (χ3n) is 8.80. The molecule has 1 fully saturated rings. The molecule has 7 heterocycles. The molecule has 0 spiro atoms. The van der Waals surface area contributed by atoms with Crippen molar-refractivity contribution in [1.29, 1.82) is 0 Å². The van der Waals surface area contributed by atoms with E-state index in [1.54, 1.807) is 33.7 Å². The van der Waals surface area contributed by atoms with E-state index in [9.17, 15) is 14.4 Å². The van der Waals surface area contributed by atoms with Crippen LogP contribution in [0, 0.1) is 24.2 Å². The maximum atomic E-state index is 12.6. The Kier molecular flexibility index (Phi) is 15.4. The molecule has 1 saturated heterocycles. The molecule has 298 valence electrons. The van der Waals surface area contributed by atoms with Gasteiger partial charge in [-0.05, 0) is 87.4 Å². The number of nitrogens with one attached hydrogen (secondary N) is 1. The zero-order valence-electron chi connectivity index (χ0n) is 32.1. The summed E-state index contributed by atoms with van der Waals surface area (Å²) in [5.41, 5.74) is 3.56. The Labute approximate surface area is 349 Å². The molecule has 0 saturated carbocycles. The van der Waals surface area contributed by atoms with Crippen LogP contribution < -0.4 is 16.4 Å². The number of aromatic nitrogens is 6. The third-order valence-corrected chi connectivity index (χ3v) is 9.30. The Morgan fingerprint density at radius 2 is 1.26 bits per heavy atom. The summed E-state index contributed by atoms with van der Waals surface area (Å²) in [5.74, 6) is 9.86. The second kappa shape index (κ2) is 20.6. The molecule has 15 heteroatoms. The van der Waals surface area contributed by atoms with E-state index in [2.05, 4.69) is 58.9 Å². The van der Waals surface area contributed by atoms with Crippen LogP contribution in [0.5, 0.6) is 0 Å². The molecule has 1 amide bonds. The highest BCUT2D eigenvalue weighted by atomic mass is 79.9. The number of ether oxygens (including phenoxy) is 3. The Morgan fingerprint density at radius 1 is 0.707 bits per heavy atom. The molecule has 3 aliphatic heterocycles. The number of terminal acetylenes is 1. The van der Waals surface area contributed by atoms with Crippen molar-refractivity contribution in [3.05, 3.63) is 139 Å². The summed E-state index contributed by atoms with van der Waals surface area (Å²) in [4.78, 5) is 52.4. The van der Waals surface area contributed by atoms with Crippen LogP contribution in [-0.4, -0.2) is 66.4 Å². The van der Waals surface area contributed by atoms with Crippen molar-refractivity contribution in [1.82, 2.24) is 34.4 Å². The number of hydrogen-bond donors (Lipinski definition) is 1. The Bertz CT molecular complexity index is 2600. The summed E-state index contributed by atoms with van der Waals surface area (Å²) >= 11 is 3.38. The first kappa shape index (κ1) is 43.4. The van der Waals surface area contributed by atoms with E-state index in [1.165, 1.54) is 0 Å². The lowest BCUT2D eigenvalue weighted by molar-refractivity contribution is -0.132. The summed E-state index contributed by atoms with van der Waals surface area (Å²) in [7, 11) is 0. The molecule has 3 atom stereocenters. The van der Waals surface area contributed by atoms with E-state index < -0.39 is 0 Å². The van der Waals surface area contributed by atoms with Gasteiger partial charge in [0.25, 0.3) is 11.1 Å². The summed E-state index contributed by atoms with van der Waals surface area (Å²) in [6.07, 6.45) is 8.70. The first-order chi connectivity index (χ1) is 27.6. The van der Waals surface area contributed by atoms with Gasteiger partial charge >= 0.3 is 0 Å². The van der Waals surface area contributed by atoms with Gasteiger partial charge in [0.05, 0.1) is 53.2 Å². The van der Waals surface area contributed by atoms with E-state index in [0.717, 1.165) is 10.0 Å². The lowest BCUT2D eigenvalue weighted by Crippen LogP contribution is -2.41. The van der Waals surface area contributed by atoms with Gasteiger partial charge < -0.3 is 19.5 Å². The average molecular weight is 867 g/mol. The van der Waals surface area contributed by atoms with Crippen LogP contribution in [0.2, 0.25) is 0 Å². The minimum absolute atomic E-state index is 0. The number of fused-ring (bicyclic) bond motifs is 4. The van der Waals surface area contributed by atoms with Crippen molar-refractivity contribution in [2.75, 3.05) is 13.2 Å². The highest BCUT2D eigenvalue weighted by Crippen LogP contribution is 2.19. The first-order valence-electron chi connectivity index (χ1n) is 18.2. The van der Waals surface area contributed by atoms with E-state index in [-0.39, 0.29) is 54.4 Å². The van der Waals surface area contributed by atoms with E-state index in [4.69, 9.17) is 20.6 Å². The van der Waals surface area contributed by atoms with Crippen LogP contribution >= 0.6 is 28.3 Å². The van der Waals surface area contributed by atoms with Crippen molar-refractivity contribution >= 4 is 56.1 Å². The van der Waals surface area contributed by atoms with Crippen LogP contribution in [0.15, 0.2) is 99.3 Å². The maximum Gasteiger partial charge on any atom is 0.261 e. The van der Waals surface area contributed by atoms with Gasteiger partial charge in [0, 0.05) is 29.0 Å². The van der Waals surface area contributed by atoms with Crippen molar-refractivity contribution < 1.29 is 19.0 Å². The quantitative estimate of drug-likeness (QED) is 0.202. The molecule has 3 unspecified atom stereocenters. The minimum Gasteiger partial charge on any atom is -0.369 e. The number of benzene rings is 2. The van der Waals surface area contributed by atoms with Crippen molar-refractivity contribution in [2.24, 2.45) is 0 Å². The molecule has 1 N–H and O–H groups in total. The highest BCUT2D eigenvalue weighted by Gasteiger charge is 2.20. The zero-order chi connectivity index (χ0) is 40.3. The van der Waals surface area contributed by atoms with Gasteiger partial charge in [-0.2, -0.15) is 0 Å². The average Bonchev–Trinajstić information content (AvgIpc) is 3.23. The highest BCUT2D eigenvalue weighted by molar-refractivity contribution is 9.10. The van der Waals surface area contributed by atoms with Crippen LogP contribution in [0.25, 0.3) is 21.8 Å². The molecular formula is C43H41BrClN7O6. The Balaban J connectivity index is 0.000000163. The number of rotatable bonds is 0. The normalized spacial score (nSPS) is 17.6. The molecule has 0 aliphatic carbocycles. The molecule has 3 aliphatic rings. The minimum atomic E-state index is -0.0191. The molecule has 0 radical (unpaired) electrons. The van der Waals surface area contributed by atoms with E-state index >= 15 is 0 Å². The molecule has 6 aromatic rings. The number of carbonyl (C=O) groups excluding carboxylic acids is 1. The maximum absolute atomic E-state index is 12.6. The van der Waals surface area contributed by atoms with Gasteiger partial charge in [-0.15, -0.1) is 18.8 Å². The van der Waals surface area contributed by atoms with Crippen LogP contribution in [0.4, 0.5) is 0 Å². The van der Waals surface area contributed by atoms with Crippen molar-refractivity contribution in [3.8, 4) is 24.2 Å². The van der Waals surface area contributed by atoms with Gasteiger partial charge in [-0.1, -0.05) is 39.9 Å². The predicted molar refractivity (Wildman–Crippen MR) is 226 cm³/mol. The second-order valence-corrected chi connectivity index (χ2v) is 14.2. The molecule has 0 bridgehead atoms. The zero-order valence-corrected chi connectivity index (χ0v) is 34.5. The van der Waals surface area contributed by atoms with Gasteiger partial charge in [0.2, 0.25) is 5.91 Å². The summed E-state index contributed by atoms with van der Waals surface area (Å²) in [6.45, 7) is 8.59. The monoisotopic (exact) mass is 865 g/mol. The lowest BCUT2D eigenvalue weighted by atomic mass is 10.1. The topological polar surface area (TPSA) is 152 Å².